The third-order valence-corrected chi connectivity index (χ3v) is 7.00. The van der Waals surface area contributed by atoms with E-state index in [-0.39, 0.29) is 6.04 Å². The van der Waals surface area contributed by atoms with Crippen LogP contribution >= 0.6 is 11.3 Å². The number of hydrogen-bond donors (Lipinski definition) is 1. The number of nitrogens with one attached hydrogen (secondary N) is 1. The zero-order valence-electron chi connectivity index (χ0n) is 17.7. The second kappa shape index (κ2) is 7.84. The van der Waals surface area contributed by atoms with Crippen LogP contribution in [0, 0.1) is 0 Å². The lowest BCUT2D eigenvalue weighted by atomic mass is 9.93. The van der Waals surface area contributed by atoms with E-state index in [1.54, 1.807) is 17.5 Å². The smallest absolute Gasteiger partial charge is 0.164 e. The van der Waals surface area contributed by atoms with Gasteiger partial charge in [0.2, 0.25) is 0 Å². The monoisotopic (exact) mass is 438 g/mol. The number of aryl methyl sites for hydroxylation is 1. The van der Waals surface area contributed by atoms with Crippen molar-refractivity contribution >= 4 is 27.4 Å². The van der Waals surface area contributed by atoms with Gasteiger partial charge in [-0.1, -0.05) is 30.3 Å². The number of thiophene rings is 1. The summed E-state index contributed by atoms with van der Waals surface area (Å²) in [6.07, 6.45) is 8.83. The molecule has 1 aliphatic rings. The second-order valence-corrected chi connectivity index (χ2v) is 8.95. The molecule has 1 N–H and O–H groups in total. The highest BCUT2D eigenvalue weighted by atomic mass is 32.1. The standard InChI is InChI=1S/C25H22N6S/c1-31-21-11-5-10-20(18(21)14-27-31)28-24-22-19(16-7-3-2-4-8-16)15-32-25(22)30-23(29-24)17-9-6-12-26-13-17/h2-4,6-9,12-15,20H,5,10-11H2,1H3,(H,28,29,30). The second-order valence-electron chi connectivity index (χ2n) is 8.09. The highest BCUT2D eigenvalue weighted by Gasteiger charge is 2.25. The van der Waals surface area contributed by atoms with E-state index in [9.17, 15) is 0 Å². The van der Waals surface area contributed by atoms with Gasteiger partial charge in [-0.15, -0.1) is 11.3 Å². The summed E-state index contributed by atoms with van der Waals surface area (Å²) in [6, 6.07) is 14.6. The molecule has 6 nitrogen and oxygen atoms in total. The summed E-state index contributed by atoms with van der Waals surface area (Å²) in [6.45, 7) is 0. The molecular weight excluding hydrogens is 416 g/mol. The fourth-order valence-corrected chi connectivity index (χ4v) is 5.47. The van der Waals surface area contributed by atoms with Crippen LogP contribution < -0.4 is 5.32 Å². The number of aromatic nitrogens is 5. The fraction of sp³-hybridized carbons (Fsp3) is 0.200. The van der Waals surface area contributed by atoms with Crippen LogP contribution in [0.2, 0.25) is 0 Å². The van der Waals surface area contributed by atoms with Crippen molar-refractivity contribution in [2.75, 3.05) is 5.32 Å². The molecule has 1 aliphatic carbocycles. The van der Waals surface area contributed by atoms with E-state index in [0.717, 1.165) is 46.4 Å². The van der Waals surface area contributed by atoms with E-state index in [4.69, 9.17) is 9.97 Å². The van der Waals surface area contributed by atoms with Crippen molar-refractivity contribution in [1.82, 2.24) is 24.7 Å². The van der Waals surface area contributed by atoms with Crippen molar-refractivity contribution < 1.29 is 0 Å². The van der Waals surface area contributed by atoms with E-state index >= 15 is 0 Å². The molecule has 5 aromatic rings. The molecule has 1 atom stereocenters. The first kappa shape index (κ1) is 19.1. The first-order valence-corrected chi connectivity index (χ1v) is 11.7. The molecule has 0 amide bonds. The van der Waals surface area contributed by atoms with Crippen molar-refractivity contribution in [3.8, 4) is 22.5 Å². The van der Waals surface area contributed by atoms with Gasteiger partial charge in [0.05, 0.1) is 17.6 Å². The molecule has 1 unspecified atom stereocenters. The van der Waals surface area contributed by atoms with Crippen molar-refractivity contribution in [2.24, 2.45) is 7.05 Å². The summed E-state index contributed by atoms with van der Waals surface area (Å²) in [5.74, 6) is 1.56. The highest BCUT2D eigenvalue weighted by Crippen LogP contribution is 2.40. The normalized spacial score (nSPS) is 15.6. The summed E-state index contributed by atoms with van der Waals surface area (Å²) in [7, 11) is 2.02. The van der Waals surface area contributed by atoms with Gasteiger partial charge in [-0.2, -0.15) is 5.10 Å². The maximum Gasteiger partial charge on any atom is 0.164 e. The van der Waals surface area contributed by atoms with E-state index in [1.165, 1.54) is 16.8 Å². The molecule has 4 aromatic heterocycles. The minimum absolute atomic E-state index is 0.177. The first-order valence-electron chi connectivity index (χ1n) is 10.8. The van der Waals surface area contributed by atoms with E-state index in [1.807, 2.05) is 42.3 Å². The van der Waals surface area contributed by atoms with E-state index < -0.39 is 0 Å². The van der Waals surface area contributed by atoms with Crippen LogP contribution in [0.4, 0.5) is 5.82 Å². The number of anilines is 1. The molecule has 158 valence electrons. The summed E-state index contributed by atoms with van der Waals surface area (Å²) in [5, 5.41) is 11.5. The Morgan fingerprint density at radius 3 is 2.75 bits per heavy atom. The van der Waals surface area contributed by atoms with Gasteiger partial charge in [-0.3, -0.25) is 9.67 Å². The van der Waals surface area contributed by atoms with Gasteiger partial charge >= 0.3 is 0 Å². The Morgan fingerprint density at radius 2 is 1.91 bits per heavy atom. The van der Waals surface area contributed by atoms with Crippen LogP contribution in [0.5, 0.6) is 0 Å². The van der Waals surface area contributed by atoms with Crippen LogP contribution in [0.1, 0.15) is 30.1 Å². The minimum Gasteiger partial charge on any atom is -0.362 e. The van der Waals surface area contributed by atoms with E-state index in [2.05, 4.69) is 45.0 Å². The van der Waals surface area contributed by atoms with Crippen LogP contribution in [-0.2, 0) is 13.5 Å². The molecule has 0 saturated carbocycles. The average molecular weight is 439 g/mol. The van der Waals surface area contributed by atoms with Gasteiger partial charge in [0, 0.05) is 47.2 Å². The van der Waals surface area contributed by atoms with Crippen molar-refractivity contribution in [1.29, 1.82) is 0 Å². The Hall–Kier alpha value is -3.58. The van der Waals surface area contributed by atoms with Gasteiger partial charge in [0.1, 0.15) is 10.6 Å². The zero-order chi connectivity index (χ0) is 21.5. The Morgan fingerprint density at radius 1 is 1.03 bits per heavy atom. The number of benzene rings is 1. The fourth-order valence-electron chi connectivity index (χ4n) is 4.52. The van der Waals surface area contributed by atoms with Gasteiger partial charge < -0.3 is 5.32 Å². The van der Waals surface area contributed by atoms with Gasteiger partial charge in [0.25, 0.3) is 0 Å². The van der Waals surface area contributed by atoms with Crippen molar-refractivity contribution in [3.63, 3.8) is 0 Å². The largest absolute Gasteiger partial charge is 0.362 e. The summed E-state index contributed by atoms with van der Waals surface area (Å²) in [4.78, 5) is 15.2. The molecule has 0 fully saturated rings. The number of fused-ring (bicyclic) bond motifs is 2. The molecule has 0 radical (unpaired) electrons. The molecule has 7 heteroatoms. The highest BCUT2D eigenvalue weighted by molar-refractivity contribution is 7.17. The lowest BCUT2D eigenvalue weighted by Crippen LogP contribution is -2.18. The Balaban J connectivity index is 1.52. The van der Waals surface area contributed by atoms with Gasteiger partial charge in [-0.25, -0.2) is 9.97 Å². The number of pyridine rings is 1. The maximum absolute atomic E-state index is 5.02. The summed E-state index contributed by atoms with van der Waals surface area (Å²) >= 11 is 1.66. The zero-order valence-corrected chi connectivity index (χ0v) is 18.5. The molecule has 0 aliphatic heterocycles. The number of hydrogen-bond acceptors (Lipinski definition) is 6. The van der Waals surface area contributed by atoms with Crippen LogP contribution in [0.25, 0.3) is 32.7 Å². The quantitative estimate of drug-likeness (QED) is 0.393. The lowest BCUT2D eigenvalue weighted by molar-refractivity contribution is 0.570. The molecule has 0 spiro atoms. The Labute approximate surface area is 190 Å². The lowest BCUT2D eigenvalue weighted by Gasteiger charge is -2.25. The van der Waals surface area contributed by atoms with Crippen LogP contribution in [0.15, 0.2) is 66.4 Å². The molecule has 1 aromatic carbocycles. The van der Waals surface area contributed by atoms with Gasteiger partial charge in [-0.05, 0) is 37.0 Å². The predicted octanol–water partition coefficient (Wildman–Crippen LogP) is 5.64. The van der Waals surface area contributed by atoms with Crippen molar-refractivity contribution in [2.45, 2.75) is 25.3 Å². The topological polar surface area (TPSA) is 68.5 Å². The molecule has 0 bridgehead atoms. The number of rotatable bonds is 4. The molecular formula is C25H22N6S. The minimum atomic E-state index is 0.177. The first-order chi connectivity index (χ1) is 15.8. The third kappa shape index (κ3) is 3.26. The number of nitrogens with zero attached hydrogens (tertiary/aromatic N) is 5. The van der Waals surface area contributed by atoms with E-state index in [0.29, 0.717) is 5.82 Å². The predicted molar refractivity (Wildman–Crippen MR) is 129 cm³/mol. The third-order valence-electron chi connectivity index (χ3n) is 6.12. The summed E-state index contributed by atoms with van der Waals surface area (Å²) < 4.78 is 2.00. The van der Waals surface area contributed by atoms with Crippen LogP contribution in [0.3, 0.4) is 0 Å². The Bertz CT molecular complexity index is 1390. The average Bonchev–Trinajstić information content (AvgIpc) is 3.45. The van der Waals surface area contributed by atoms with Gasteiger partial charge in [0.15, 0.2) is 5.82 Å². The molecule has 4 heterocycles. The van der Waals surface area contributed by atoms with Crippen LogP contribution in [-0.4, -0.2) is 24.7 Å². The van der Waals surface area contributed by atoms with Crippen molar-refractivity contribution in [3.05, 3.63) is 77.7 Å². The Kier molecular flexibility index (Phi) is 4.69. The molecule has 0 saturated heterocycles. The molecule has 6 rings (SSSR count). The maximum atomic E-state index is 5.02. The SMILES string of the molecule is Cn1ncc2c1CCCC2Nc1nc(-c2cccnc2)nc2scc(-c3ccccc3)c12. The summed E-state index contributed by atoms with van der Waals surface area (Å²) in [5.41, 5.74) is 5.82. The molecule has 32 heavy (non-hydrogen) atoms.